The van der Waals surface area contributed by atoms with Gasteiger partial charge >= 0.3 is 5.97 Å². The zero-order valence-corrected chi connectivity index (χ0v) is 24.1. The molecule has 0 spiro atoms. The number of hydrogen-bond donors (Lipinski definition) is 0. The van der Waals surface area contributed by atoms with E-state index in [0.717, 1.165) is 11.3 Å². The fourth-order valence-corrected chi connectivity index (χ4v) is 5.66. The van der Waals surface area contributed by atoms with Crippen molar-refractivity contribution in [2.75, 3.05) is 6.61 Å². The predicted molar refractivity (Wildman–Crippen MR) is 151 cm³/mol. The van der Waals surface area contributed by atoms with Gasteiger partial charge in [0, 0.05) is 0 Å². The second-order valence-corrected chi connectivity index (χ2v) is 16.6. The lowest BCUT2D eigenvalue weighted by atomic mass is 9.70. The first-order chi connectivity index (χ1) is 16.4. The lowest BCUT2D eigenvalue weighted by Crippen LogP contribution is -2.44. The molecule has 0 heterocycles. The Bertz CT molecular complexity index is 1050. The Morgan fingerprint density at radius 1 is 1.00 bits per heavy atom. The van der Waals surface area contributed by atoms with E-state index in [4.69, 9.17) is 9.16 Å². The zero-order chi connectivity index (χ0) is 25.9. The van der Waals surface area contributed by atoms with E-state index in [-0.39, 0.29) is 16.4 Å². The first kappa shape index (κ1) is 27.3. The van der Waals surface area contributed by atoms with Crippen LogP contribution < -0.4 is 4.43 Å². The van der Waals surface area contributed by atoms with Crippen LogP contribution in [0.25, 0.3) is 11.6 Å². The van der Waals surface area contributed by atoms with Gasteiger partial charge in [-0.1, -0.05) is 71.2 Å². The Balaban J connectivity index is 1.97. The summed E-state index contributed by atoms with van der Waals surface area (Å²) in [6, 6.07) is 14.4. The highest BCUT2D eigenvalue weighted by molar-refractivity contribution is 6.74. The van der Waals surface area contributed by atoms with E-state index in [1.54, 1.807) is 0 Å². The summed E-state index contributed by atoms with van der Waals surface area (Å²) in [6.07, 6.45) is 8.49. The van der Waals surface area contributed by atoms with Gasteiger partial charge in [0.25, 0.3) is 0 Å². The summed E-state index contributed by atoms with van der Waals surface area (Å²) >= 11 is 0. The van der Waals surface area contributed by atoms with E-state index in [1.165, 1.54) is 48.8 Å². The fraction of sp³-hybridized carbons (Fsp3) is 0.516. The topological polar surface area (TPSA) is 35.5 Å². The Labute approximate surface area is 214 Å². The number of benzene rings is 2. The number of carbonyl (C=O) groups excluding carboxylic acids is 1. The van der Waals surface area contributed by atoms with Crippen LogP contribution in [0.3, 0.4) is 0 Å². The van der Waals surface area contributed by atoms with Gasteiger partial charge < -0.3 is 9.16 Å². The number of allylic oxidation sites excluding steroid dienone is 1. The summed E-state index contributed by atoms with van der Waals surface area (Å²) in [4.78, 5) is 12.0. The van der Waals surface area contributed by atoms with Gasteiger partial charge in [-0.2, -0.15) is 0 Å². The van der Waals surface area contributed by atoms with Gasteiger partial charge in [-0.25, -0.2) is 4.79 Å². The van der Waals surface area contributed by atoms with Crippen molar-refractivity contribution in [3.63, 3.8) is 0 Å². The predicted octanol–water partition coefficient (Wildman–Crippen LogP) is 9.03. The molecule has 4 heteroatoms. The molecular weight excluding hydrogens is 448 g/mol. The van der Waals surface area contributed by atoms with Crippen molar-refractivity contribution in [1.82, 2.24) is 0 Å². The van der Waals surface area contributed by atoms with Crippen molar-refractivity contribution in [2.45, 2.75) is 97.2 Å². The number of hydrogen-bond acceptors (Lipinski definition) is 3. The number of carbonyl (C=O) groups is 1. The molecule has 0 amide bonds. The maximum Gasteiger partial charge on any atom is 0.338 e. The molecule has 2 aromatic rings. The lowest BCUT2D eigenvalue weighted by Gasteiger charge is -2.40. The molecule has 0 radical (unpaired) electrons. The van der Waals surface area contributed by atoms with Gasteiger partial charge in [0.15, 0.2) is 0 Å². The number of esters is 1. The highest BCUT2D eigenvalue weighted by Crippen LogP contribution is 2.46. The van der Waals surface area contributed by atoms with Crippen molar-refractivity contribution in [3.8, 4) is 5.75 Å². The maximum absolute atomic E-state index is 12.0. The van der Waals surface area contributed by atoms with Gasteiger partial charge in [0.05, 0.1) is 12.2 Å². The Morgan fingerprint density at radius 3 is 2.17 bits per heavy atom. The molecule has 0 aromatic heterocycles. The summed E-state index contributed by atoms with van der Waals surface area (Å²) in [5, 5.41) is 0.155. The highest BCUT2D eigenvalue weighted by atomic mass is 28.4. The minimum absolute atomic E-state index is 0.146. The minimum Gasteiger partial charge on any atom is -0.543 e. The van der Waals surface area contributed by atoms with Crippen LogP contribution in [0.4, 0.5) is 0 Å². The van der Waals surface area contributed by atoms with E-state index < -0.39 is 8.32 Å². The van der Waals surface area contributed by atoms with Gasteiger partial charge in [-0.05, 0) is 96.8 Å². The quantitative estimate of drug-likeness (QED) is 0.220. The van der Waals surface area contributed by atoms with Gasteiger partial charge in [-0.3, -0.25) is 0 Å². The standard InChI is InChI=1S/C31H44O3Si/c1-9-33-29(32)25-15-13-24(14-16-25)21-23(2)26-17-18-28(34-35(7,8)30(3,4)5)27(22-26)31(6)19-11-10-12-20-31/h13-18,21-22H,9-12,19-20H2,1-8H3. The van der Waals surface area contributed by atoms with Crippen LogP contribution in [-0.4, -0.2) is 20.9 Å². The Hall–Kier alpha value is -2.33. The molecule has 1 aliphatic carbocycles. The second kappa shape index (κ2) is 10.7. The molecule has 0 unspecified atom stereocenters. The van der Waals surface area contributed by atoms with E-state index >= 15 is 0 Å². The summed E-state index contributed by atoms with van der Waals surface area (Å²) in [7, 11) is -1.95. The SMILES string of the molecule is CCOC(=O)c1ccc(C=C(C)c2ccc(O[Si](C)(C)C(C)(C)C)c(C3(C)CCCCC3)c2)cc1. The van der Waals surface area contributed by atoms with Crippen LogP contribution in [0, 0.1) is 0 Å². The van der Waals surface area contributed by atoms with Crippen LogP contribution in [0.1, 0.15) is 101 Å². The molecule has 0 N–H and O–H groups in total. The molecule has 1 aliphatic rings. The smallest absolute Gasteiger partial charge is 0.338 e. The second-order valence-electron chi connectivity index (χ2n) is 11.9. The Kier molecular flexibility index (Phi) is 8.36. The first-order valence-corrected chi connectivity index (χ1v) is 16.1. The van der Waals surface area contributed by atoms with Crippen LogP contribution in [-0.2, 0) is 10.2 Å². The number of rotatable bonds is 7. The van der Waals surface area contributed by atoms with Crippen LogP contribution in [0.15, 0.2) is 42.5 Å². The van der Waals surface area contributed by atoms with Crippen LogP contribution >= 0.6 is 0 Å². The normalized spacial score (nSPS) is 16.6. The molecule has 1 saturated carbocycles. The van der Waals surface area contributed by atoms with E-state index in [9.17, 15) is 4.79 Å². The van der Waals surface area contributed by atoms with Crippen molar-refractivity contribution in [3.05, 3.63) is 64.7 Å². The van der Waals surface area contributed by atoms with Crippen LogP contribution in [0.2, 0.25) is 18.1 Å². The molecule has 3 rings (SSSR count). The molecule has 2 aromatic carbocycles. The summed E-state index contributed by atoms with van der Waals surface area (Å²) in [5.41, 5.74) is 5.60. The summed E-state index contributed by atoms with van der Waals surface area (Å²) < 4.78 is 12.0. The average molecular weight is 493 g/mol. The molecule has 0 bridgehead atoms. The number of ether oxygens (including phenoxy) is 1. The van der Waals surface area contributed by atoms with Crippen molar-refractivity contribution in [1.29, 1.82) is 0 Å². The van der Waals surface area contributed by atoms with Crippen molar-refractivity contribution in [2.24, 2.45) is 0 Å². The lowest BCUT2D eigenvalue weighted by molar-refractivity contribution is 0.0526. The van der Waals surface area contributed by atoms with Crippen LogP contribution in [0.5, 0.6) is 5.75 Å². The molecule has 0 aliphatic heterocycles. The van der Waals surface area contributed by atoms with E-state index in [0.29, 0.717) is 12.2 Å². The third-order valence-electron chi connectivity index (χ3n) is 8.02. The van der Waals surface area contributed by atoms with Crippen molar-refractivity contribution < 1.29 is 14.0 Å². The van der Waals surface area contributed by atoms with Gasteiger partial charge in [0.2, 0.25) is 8.32 Å². The fourth-order valence-electron chi connectivity index (χ4n) is 4.63. The third-order valence-corrected chi connectivity index (χ3v) is 12.4. The monoisotopic (exact) mass is 492 g/mol. The van der Waals surface area contributed by atoms with E-state index in [2.05, 4.69) is 72.0 Å². The Morgan fingerprint density at radius 2 is 1.60 bits per heavy atom. The molecule has 1 fully saturated rings. The maximum atomic E-state index is 12.0. The van der Waals surface area contributed by atoms with E-state index in [1.807, 2.05) is 31.2 Å². The van der Waals surface area contributed by atoms with Crippen molar-refractivity contribution >= 4 is 25.9 Å². The van der Waals surface area contributed by atoms with Gasteiger partial charge in [-0.15, -0.1) is 0 Å². The third kappa shape index (κ3) is 6.46. The summed E-state index contributed by atoms with van der Waals surface area (Å²) in [5.74, 6) is 0.804. The molecule has 0 atom stereocenters. The largest absolute Gasteiger partial charge is 0.543 e. The average Bonchev–Trinajstić information content (AvgIpc) is 2.79. The minimum atomic E-state index is -1.95. The molecular formula is C31H44O3Si. The first-order valence-electron chi connectivity index (χ1n) is 13.2. The molecule has 0 saturated heterocycles. The molecule has 190 valence electrons. The summed E-state index contributed by atoms with van der Waals surface area (Å²) in [6.45, 7) is 18.4. The zero-order valence-electron chi connectivity index (χ0n) is 23.1. The molecule has 3 nitrogen and oxygen atoms in total. The highest BCUT2D eigenvalue weighted by Gasteiger charge is 2.41. The van der Waals surface area contributed by atoms with Gasteiger partial charge in [0.1, 0.15) is 5.75 Å². The molecule has 35 heavy (non-hydrogen) atoms.